The molecule has 19 heavy (non-hydrogen) atoms. The zero-order valence-corrected chi connectivity index (χ0v) is 10.4. The molecule has 0 aliphatic carbocycles. The highest BCUT2D eigenvalue weighted by Gasteiger charge is 2.13. The number of rotatable bonds is 5. The molecule has 4 N–H and O–H groups in total. The lowest BCUT2D eigenvalue weighted by atomic mass is 10.1. The van der Waals surface area contributed by atoms with Crippen LogP contribution in [0.15, 0.2) is 18.2 Å². The van der Waals surface area contributed by atoms with E-state index < -0.39 is 29.6 Å². The predicted molar refractivity (Wildman–Crippen MR) is 65.3 cm³/mol. The Balaban J connectivity index is 2.41. The van der Waals surface area contributed by atoms with Crippen LogP contribution in [0.1, 0.15) is 12.5 Å². The summed E-state index contributed by atoms with van der Waals surface area (Å²) in [5.74, 6) is -1.85. The number of imide groups is 1. The van der Waals surface area contributed by atoms with E-state index in [4.69, 9.17) is 5.73 Å². The molecule has 5 nitrogen and oxygen atoms in total. The molecule has 1 aromatic carbocycles. The lowest BCUT2D eigenvalue weighted by Gasteiger charge is -2.12. The number of primary amides is 1. The van der Waals surface area contributed by atoms with Crippen molar-refractivity contribution in [2.24, 2.45) is 5.73 Å². The summed E-state index contributed by atoms with van der Waals surface area (Å²) in [6.45, 7) is 1.88. The van der Waals surface area contributed by atoms with Gasteiger partial charge in [-0.25, -0.2) is 13.6 Å². The molecule has 0 heterocycles. The van der Waals surface area contributed by atoms with E-state index in [1.807, 2.05) is 5.32 Å². The number of carbonyl (C=O) groups is 2. The number of amides is 3. The van der Waals surface area contributed by atoms with E-state index in [9.17, 15) is 18.4 Å². The van der Waals surface area contributed by atoms with Crippen molar-refractivity contribution in [1.82, 2.24) is 10.6 Å². The van der Waals surface area contributed by atoms with Crippen LogP contribution >= 0.6 is 0 Å². The molecule has 0 saturated carbocycles. The van der Waals surface area contributed by atoms with Crippen molar-refractivity contribution in [1.29, 1.82) is 0 Å². The fourth-order valence-corrected chi connectivity index (χ4v) is 1.51. The Bertz CT molecular complexity index is 460. The highest BCUT2D eigenvalue weighted by molar-refractivity contribution is 5.96. The summed E-state index contributed by atoms with van der Waals surface area (Å²) >= 11 is 0. The summed E-state index contributed by atoms with van der Waals surface area (Å²) in [6.07, 6.45) is 0.350. The minimum Gasteiger partial charge on any atom is -0.351 e. The molecule has 0 bridgehead atoms. The standard InChI is InChI=1S/C12H15F2N3O2/c1-7(11(18)17-12(15)19)16-3-2-8-4-9(13)6-10(14)5-8/h4-7,16H,2-3H2,1H3,(H3,15,17,18,19). The van der Waals surface area contributed by atoms with Gasteiger partial charge in [0.2, 0.25) is 5.91 Å². The molecule has 0 aliphatic rings. The zero-order valence-electron chi connectivity index (χ0n) is 10.4. The van der Waals surface area contributed by atoms with Gasteiger partial charge in [-0.3, -0.25) is 10.1 Å². The second kappa shape index (κ2) is 6.79. The minimum atomic E-state index is -0.925. The Morgan fingerprint density at radius 3 is 2.37 bits per heavy atom. The van der Waals surface area contributed by atoms with Gasteiger partial charge in [0.1, 0.15) is 11.6 Å². The fourth-order valence-electron chi connectivity index (χ4n) is 1.51. The lowest BCUT2D eigenvalue weighted by Crippen LogP contribution is -2.46. The third-order valence-corrected chi connectivity index (χ3v) is 2.43. The van der Waals surface area contributed by atoms with E-state index in [2.05, 4.69) is 5.32 Å². The average Bonchev–Trinajstić information content (AvgIpc) is 2.26. The van der Waals surface area contributed by atoms with E-state index >= 15 is 0 Å². The average molecular weight is 271 g/mol. The smallest absolute Gasteiger partial charge is 0.318 e. The molecule has 1 unspecified atom stereocenters. The van der Waals surface area contributed by atoms with Gasteiger partial charge in [0.15, 0.2) is 0 Å². The molecule has 0 spiro atoms. The van der Waals surface area contributed by atoms with Gasteiger partial charge in [0.05, 0.1) is 6.04 Å². The quantitative estimate of drug-likeness (QED) is 0.736. The number of hydrogen-bond donors (Lipinski definition) is 3. The SMILES string of the molecule is CC(NCCc1cc(F)cc(F)c1)C(=O)NC(N)=O. The topological polar surface area (TPSA) is 84.2 Å². The molecule has 0 saturated heterocycles. The molecule has 1 atom stereocenters. The number of carbonyl (C=O) groups excluding carboxylic acids is 2. The van der Waals surface area contributed by atoms with Gasteiger partial charge in [-0.1, -0.05) is 0 Å². The maximum absolute atomic E-state index is 12.9. The summed E-state index contributed by atoms with van der Waals surface area (Å²) in [7, 11) is 0. The van der Waals surface area contributed by atoms with Crippen molar-refractivity contribution in [2.75, 3.05) is 6.54 Å². The highest BCUT2D eigenvalue weighted by Crippen LogP contribution is 2.08. The molecule has 0 fully saturated rings. The summed E-state index contributed by atoms with van der Waals surface area (Å²) in [5, 5.41) is 4.74. The largest absolute Gasteiger partial charge is 0.351 e. The van der Waals surface area contributed by atoms with Crippen LogP contribution in [0.25, 0.3) is 0 Å². The van der Waals surface area contributed by atoms with Gasteiger partial charge in [0.25, 0.3) is 0 Å². The van der Waals surface area contributed by atoms with Gasteiger partial charge in [0, 0.05) is 6.07 Å². The first-order chi connectivity index (χ1) is 8.88. The van der Waals surface area contributed by atoms with Gasteiger partial charge >= 0.3 is 6.03 Å². The molecular formula is C12H15F2N3O2. The number of nitrogens with two attached hydrogens (primary N) is 1. The number of halogens is 2. The minimum absolute atomic E-state index is 0.330. The van der Waals surface area contributed by atoms with Gasteiger partial charge < -0.3 is 11.1 Å². The molecule has 1 rings (SSSR count). The van der Waals surface area contributed by atoms with Crippen LogP contribution in [-0.2, 0) is 11.2 Å². The van der Waals surface area contributed by atoms with Crippen molar-refractivity contribution in [3.63, 3.8) is 0 Å². The third-order valence-electron chi connectivity index (χ3n) is 2.43. The lowest BCUT2D eigenvalue weighted by molar-refractivity contribution is -0.121. The monoisotopic (exact) mass is 271 g/mol. The van der Waals surface area contributed by atoms with Gasteiger partial charge in [-0.05, 0) is 37.6 Å². The molecule has 0 aliphatic heterocycles. The summed E-state index contributed by atoms with van der Waals surface area (Å²) in [4.78, 5) is 21.8. The predicted octanol–water partition coefficient (Wildman–Crippen LogP) is 0.680. The normalized spacial score (nSPS) is 11.9. The molecule has 3 amide bonds. The van der Waals surface area contributed by atoms with E-state index in [0.717, 1.165) is 6.07 Å². The van der Waals surface area contributed by atoms with Gasteiger partial charge in [-0.15, -0.1) is 0 Å². The van der Waals surface area contributed by atoms with Crippen LogP contribution < -0.4 is 16.4 Å². The van der Waals surface area contributed by atoms with E-state index in [0.29, 0.717) is 18.5 Å². The van der Waals surface area contributed by atoms with Crippen LogP contribution in [0.3, 0.4) is 0 Å². The first-order valence-corrected chi connectivity index (χ1v) is 5.67. The highest BCUT2D eigenvalue weighted by atomic mass is 19.1. The van der Waals surface area contributed by atoms with Crippen LogP contribution in [0.4, 0.5) is 13.6 Å². The molecule has 0 radical (unpaired) electrons. The molecule has 1 aromatic rings. The number of urea groups is 1. The van der Waals surface area contributed by atoms with Crippen molar-refractivity contribution >= 4 is 11.9 Å². The number of hydrogen-bond acceptors (Lipinski definition) is 3. The molecule has 7 heteroatoms. The first-order valence-electron chi connectivity index (χ1n) is 5.67. The Kier molecular flexibility index (Phi) is 5.37. The van der Waals surface area contributed by atoms with Gasteiger partial charge in [-0.2, -0.15) is 0 Å². The molecule has 0 aromatic heterocycles. The maximum Gasteiger partial charge on any atom is 0.318 e. The van der Waals surface area contributed by atoms with Crippen LogP contribution in [0.5, 0.6) is 0 Å². The maximum atomic E-state index is 12.9. The molecular weight excluding hydrogens is 256 g/mol. The fraction of sp³-hybridized carbons (Fsp3) is 0.333. The number of nitrogens with one attached hydrogen (secondary N) is 2. The number of benzene rings is 1. The van der Waals surface area contributed by atoms with Crippen LogP contribution in [-0.4, -0.2) is 24.5 Å². The first kappa shape index (κ1) is 15.0. The van der Waals surface area contributed by atoms with E-state index in [1.54, 1.807) is 6.92 Å². The third kappa shape index (κ3) is 5.43. The van der Waals surface area contributed by atoms with Crippen LogP contribution in [0.2, 0.25) is 0 Å². The van der Waals surface area contributed by atoms with Crippen molar-refractivity contribution in [3.05, 3.63) is 35.4 Å². The molecule has 104 valence electrons. The summed E-state index contributed by atoms with van der Waals surface area (Å²) in [5.41, 5.74) is 5.28. The van der Waals surface area contributed by atoms with Crippen molar-refractivity contribution in [2.45, 2.75) is 19.4 Å². The van der Waals surface area contributed by atoms with Crippen LogP contribution in [0, 0.1) is 11.6 Å². The summed E-state index contributed by atoms with van der Waals surface area (Å²) < 4.78 is 25.8. The Morgan fingerprint density at radius 1 is 1.26 bits per heavy atom. The van der Waals surface area contributed by atoms with E-state index in [1.165, 1.54) is 12.1 Å². The van der Waals surface area contributed by atoms with Crippen molar-refractivity contribution in [3.8, 4) is 0 Å². The Morgan fingerprint density at radius 2 is 1.84 bits per heavy atom. The Labute approximate surface area is 109 Å². The second-order valence-electron chi connectivity index (χ2n) is 4.06. The summed E-state index contributed by atoms with van der Waals surface area (Å²) in [6, 6.07) is 1.68. The second-order valence-corrected chi connectivity index (χ2v) is 4.06. The van der Waals surface area contributed by atoms with Crippen molar-refractivity contribution < 1.29 is 18.4 Å². The van der Waals surface area contributed by atoms with E-state index in [-0.39, 0.29) is 0 Å². The zero-order chi connectivity index (χ0) is 14.4. The Hall–Kier alpha value is -2.02.